The van der Waals surface area contributed by atoms with Crippen molar-refractivity contribution in [3.05, 3.63) is 53.4 Å². The number of nitrogens with zero attached hydrogens (tertiary/aromatic N) is 2. The number of nitrogens with one attached hydrogen (secondary N) is 1. The highest BCUT2D eigenvalue weighted by Gasteiger charge is 2.17. The van der Waals surface area contributed by atoms with Gasteiger partial charge in [0.1, 0.15) is 5.75 Å². The van der Waals surface area contributed by atoms with Crippen molar-refractivity contribution in [2.75, 3.05) is 19.5 Å². The second-order valence-corrected chi connectivity index (χ2v) is 6.85. The van der Waals surface area contributed by atoms with Crippen LogP contribution in [-0.2, 0) is 4.79 Å². The van der Waals surface area contributed by atoms with E-state index in [2.05, 4.69) is 10.3 Å². The molecule has 1 aromatic heterocycles. The van der Waals surface area contributed by atoms with Gasteiger partial charge in [-0.15, -0.1) is 11.3 Å². The van der Waals surface area contributed by atoms with E-state index < -0.39 is 6.10 Å². The number of hydrogen-bond donors (Lipinski definition) is 1. The zero-order valence-electron chi connectivity index (χ0n) is 16.1. The Kier molecular flexibility index (Phi) is 6.32. The molecule has 2 aromatic carbocycles. The largest absolute Gasteiger partial charge is 0.493 e. The van der Waals surface area contributed by atoms with Crippen molar-refractivity contribution < 1.29 is 19.0 Å². The van der Waals surface area contributed by atoms with E-state index in [-0.39, 0.29) is 5.91 Å². The topological polar surface area (TPSA) is 93.5 Å². The molecular formula is C21H19N3O4S. The Morgan fingerprint density at radius 1 is 1.14 bits per heavy atom. The van der Waals surface area contributed by atoms with Crippen LogP contribution in [0.2, 0.25) is 0 Å². The molecule has 0 fully saturated rings. The maximum Gasteiger partial charge on any atom is 0.266 e. The summed E-state index contributed by atoms with van der Waals surface area (Å²) in [5.41, 5.74) is 2.09. The quantitative estimate of drug-likeness (QED) is 0.631. The van der Waals surface area contributed by atoms with Gasteiger partial charge in [0.15, 0.2) is 22.7 Å². The highest BCUT2D eigenvalue weighted by Crippen LogP contribution is 2.33. The molecule has 0 radical (unpaired) electrons. The minimum Gasteiger partial charge on any atom is -0.493 e. The number of thiazole rings is 1. The lowest BCUT2D eigenvalue weighted by molar-refractivity contribution is -0.122. The van der Waals surface area contributed by atoms with Gasteiger partial charge in [-0.2, -0.15) is 5.26 Å². The van der Waals surface area contributed by atoms with Crippen LogP contribution in [0.5, 0.6) is 17.2 Å². The molecule has 7 nitrogen and oxygen atoms in total. The second-order valence-electron chi connectivity index (χ2n) is 5.99. The highest BCUT2D eigenvalue weighted by atomic mass is 32.1. The molecular weight excluding hydrogens is 390 g/mol. The van der Waals surface area contributed by atoms with Crippen molar-refractivity contribution in [2.24, 2.45) is 0 Å². The first-order valence-electron chi connectivity index (χ1n) is 8.69. The fourth-order valence-corrected chi connectivity index (χ4v) is 3.25. The SMILES string of the molecule is COc1ccc(-c2csc(NC(=O)C(C)Oc3ccc(C#N)cc3)n2)cc1OC. The van der Waals surface area contributed by atoms with Crippen LogP contribution in [0.15, 0.2) is 47.8 Å². The zero-order chi connectivity index (χ0) is 20.8. The van der Waals surface area contributed by atoms with Crippen LogP contribution < -0.4 is 19.5 Å². The van der Waals surface area contributed by atoms with Gasteiger partial charge >= 0.3 is 0 Å². The maximum absolute atomic E-state index is 12.4. The van der Waals surface area contributed by atoms with Gasteiger partial charge in [0.2, 0.25) is 0 Å². The average Bonchev–Trinajstić information content (AvgIpc) is 3.22. The third kappa shape index (κ3) is 4.83. The molecule has 29 heavy (non-hydrogen) atoms. The number of carbonyl (C=O) groups is 1. The molecule has 148 valence electrons. The number of benzene rings is 2. The van der Waals surface area contributed by atoms with Gasteiger partial charge in [0.05, 0.1) is 31.5 Å². The van der Waals surface area contributed by atoms with Crippen LogP contribution in [0.3, 0.4) is 0 Å². The normalized spacial score (nSPS) is 11.2. The molecule has 0 saturated carbocycles. The molecule has 0 aliphatic rings. The summed E-state index contributed by atoms with van der Waals surface area (Å²) in [6.45, 7) is 1.65. The summed E-state index contributed by atoms with van der Waals surface area (Å²) in [7, 11) is 3.15. The average molecular weight is 409 g/mol. The van der Waals surface area contributed by atoms with E-state index in [1.165, 1.54) is 11.3 Å². The van der Waals surface area contributed by atoms with Crippen molar-refractivity contribution in [3.8, 4) is 34.6 Å². The number of aromatic nitrogens is 1. The number of anilines is 1. The number of ether oxygens (including phenoxy) is 3. The van der Waals surface area contributed by atoms with Crippen molar-refractivity contribution in [1.82, 2.24) is 4.98 Å². The van der Waals surface area contributed by atoms with E-state index in [1.54, 1.807) is 51.5 Å². The first kappa shape index (κ1) is 20.2. The van der Waals surface area contributed by atoms with Gasteiger partial charge in [-0.25, -0.2) is 4.98 Å². The predicted octanol–water partition coefficient (Wildman–Crippen LogP) is 4.10. The fraction of sp³-hybridized carbons (Fsp3) is 0.190. The number of rotatable bonds is 7. The van der Waals surface area contributed by atoms with Gasteiger partial charge < -0.3 is 14.2 Å². The summed E-state index contributed by atoms with van der Waals surface area (Å²) >= 11 is 1.32. The van der Waals surface area contributed by atoms with Crippen molar-refractivity contribution in [1.29, 1.82) is 5.26 Å². The van der Waals surface area contributed by atoms with Crippen molar-refractivity contribution in [3.63, 3.8) is 0 Å². The van der Waals surface area contributed by atoms with Crippen LogP contribution in [-0.4, -0.2) is 31.2 Å². The lowest BCUT2D eigenvalue weighted by atomic mass is 10.1. The standard InChI is InChI=1S/C21H19N3O4S/c1-13(28-16-7-4-14(11-22)5-8-16)20(25)24-21-23-17(12-29-21)15-6-9-18(26-2)19(10-15)27-3/h4-10,12-13H,1-3H3,(H,23,24,25). The van der Waals surface area contributed by atoms with Gasteiger partial charge in [0.25, 0.3) is 5.91 Å². The van der Waals surface area contributed by atoms with Crippen LogP contribution in [0, 0.1) is 11.3 Å². The number of methoxy groups -OCH3 is 2. The molecule has 1 heterocycles. The van der Waals surface area contributed by atoms with E-state index in [9.17, 15) is 4.79 Å². The van der Waals surface area contributed by atoms with E-state index in [0.717, 1.165) is 5.56 Å². The van der Waals surface area contributed by atoms with E-state index in [0.29, 0.717) is 33.6 Å². The number of amides is 1. The molecule has 8 heteroatoms. The molecule has 0 bridgehead atoms. The van der Waals surface area contributed by atoms with Crippen molar-refractivity contribution in [2.45, 2.75) is 13.0 Å². The van der Waals surface area contributed by atoms with Crippen LogP contribution in [0.4, 0.5) is 5.13 Å². The Morgan fingerprint density at radius 3 is 2.52 bits per heavy atom. The molecule has 0 aliphatic carbocycles. The van der Waals surface area contributed by atoms with Gasteiger partial charge in [0, 0.05) is 10.9 Å². The molecule has 0 saturated heterocycles. The van der Waals surface area contributed by atoms with E-state index in [1.807, 2.05) is 23.6 Å². The van der Waals surface area contributed by atoms with Gasteiger partial charge in [-0.1, -0.05) is 0 Å². The third-order valence-electron chi connectivity index (χ3n) is 4.08. The highest BCUT2D eigenvalue weighted by molar-refractivity contribution is 7.14. The summed E-state index contributed by atoms with van der Waals surface area (Å²) in [4.78, 5) is 16.9. The Balaban J connectivity index is 1.66. The Bertz CT molecular complexity index is 1040. The minimum absolute atomic E-state index is 0.317. The minimum atomic E-state index is -0.726. The molecule has 1 unspecified atom stereocenters. The van der Waals surface area contributed by atoms with Crippen LogP contribution in [0.1, 0.15) is 12.5 Å². The second kappa shape index (κ2) is 9.08. The summed E-state index contributed by atoms with van der Waals surface area (Å²) < 4.78 is 16.2. The lowest BCUT2D eigenvalue weighted by Gasteiger charge is -2.13. The monoisotopic (exact) mass is 409 g/mol. The molecule has 1 amide bonds. The van der Waals surface area contributed by atoms with Crippen molar-refractivity contribution >= 4 is 22.4 Å². The fourth-order valence-electron chi connectivity index (χ4n) is 2.53. The molecule has 3 rings (SSSR count). The molecule has 0 spiro atoms. The predicted molar refractivity (Wildman–Crippen MR) is 111 cm³/mol. The Labute approximate surface area is 172 Å². The number of hydrogen-bond acceptors (Lipinski definition) is 7. The molecule has 3 aromatic rings. The summed E-state index contributed by atoms with van der Waals surface area (Å²) in [5, 5.41) is 13.9. The Morgan fingerprint density at radius 2 is 1.86 bits per heavy atom. The number of nitriles is 1. The first-order valence-corrected chi connectivity index (χ1v) is 9.57. The van der Waals surface area contributed by atoms with Gasteiger partial charge in [-0.05, 0) is 49.4 Å². The third-order valence-corrected chi connectivity index (χ3v) is 4.84. The molecule has 0 aliphatic heterocycles. The molecule has 1 atom stereocenters. The van der Waals surface area contributed by atoms with Crippen LogP contribution >= 0.6 is 11.3 Å². The summed E-state index contributed by atoms with van der Waals surface area (Å²) in [5.74, 6) is 1.43. The van der Waals surface area contributed by atoms with Crippen LogP contribution in [0.25, 0.3) is 11.3 Å². The van der Waals surface area contributed by atoms with E-state index >= 15 is 0 Å². The summed E-state index contributed by atoms with van der Waals surface area (Å²) in [6, 6.07) is 14.1. The van der Waals surface area contributed by atoms with Gasteiger partial charge in [-0.3, -0.25) is 10.1 Å². The lowest BCUT2D eigenvalue weighted by Crippen LogP contribution is -2.30. The zero-order valence-corrected chi connectivity index (χ0v) is 16.9. The number of carbonyl (C=O) groups excluding carboxylic acids is 1. The smallest absolute Gasteiger partial charge is 0.266 e. The van der Waals surface area contributed by atoms with E-state index in [4.69, 9.17) is 19.5 Å². The maximum atomic E-state index is 12.4. The summed E-state index contributed by atoms with van der Waals surface area (Å²) in [6.07, 6.45) is -0.726. The first-order chi connectivity index (χ1) is 14.0. The Hall–Kier alpha value is -3.57. The molecule has 1 N–H and O–H groups in total.